The fourth-order valence-electron chi connectivity index (χ4n) is 2.39. The molecule has 1 atom stereocenters. The van der Waals surface area contributed by atoms with Crippen molar-refractivity contribution in [3.05, 3.63) is 57.8 Å². The monoisotopic (exact) mass is 343 g/mol. The molecule has 1 unspecified atom stereocenters. The zero-order valence-corrected chi connectivity index (χ0v) is 13.0. The van der Waals surface area contributed by atoms with Gasteiger partial charge in [0.05, 0.1) is 18.2 Å². The van der Waals surface area contributed by atoms with Crippen molar-refractivity contribution in [3.8, 4) is 0 Å². The number of nitrogens with one attached hydrogen (secondary N) is 1. The Balaban J connectivity index is 2.35. The second kappa shape index (κ2) is 6.52. The summed E-state index contributed by atoms with van der Waals surface area (Å²) in [5.74, 6) is -0.758. The fraction of sp³-hybridized carbons (Fsp3) is 0.333. The average Bonchev–Trinajstić information content (AvgIpc) is 2.79. The van der Waals surface area contributed by atoms with Crippen LogP contribution in [0.2, 0.25) is 0 Å². The van der Waals surface area contributed by atoms with Gasteiger partial charge in [0.15, 0.2) is 0 Å². The van der Waals surface area contributed by atoms with Crippen molar-refractivity contribution >= 4 is 5.91 Å². The molecular weight excluding hydrogens is 327 g/mol. The number of imidazole rings is 1. The third-order valence-corrected chi connectivity index (χ3v) is 3.63. The van der Waals surface area contributed by atoms with Gasteiger partial charge in [-0.15, -0.1) is 0 Å². The standard InChI is InChI=1S/C15H16F3N3O3/c1-20-7-12(21(2)14(20)24)13(23)19-11(8-22)9-5-3-4-6-10(9)15(16,17)18/h3-7,11,22H,8H2,1-2H3,(H,19,23). The van der Waals surface area contributed by atoms with E-state index in [2.05, 4.69) is 5.32 Å². The van der Waals surface area contributed by atoms with Gasteiger partial charge in [-0.2, -0.15) is 13.2 Å². The molecule has 1 aromatic carbocycles. The number of nitrogens with zero attached hydrogens (tertiary/aromatic N) is 2. The molecule has 24 heavy (non-hydrogen) atoms. The molecule has 130 valence electrons. The van der Waals surface area contributed by atoms with E-state index >= 15 is 0 Å². The van der Waals surface area contributed by atoms with E-state index in [1.165, 1.54) is 43.1 Å². The lowest BCUT2D eigenvalue weighted by Gasteiger charge is -2.21. The van der Waals surface area contributed by atoms with Gasteiger partial charge in [0.25, 0.3) is 5.91 Å². The zero-order chi connectivity index (χ0) is 18.1. The van der Waals surface area contributed by atoms with Crippen LogP contribution in [0.15, 0.2) is 35.3 Å². The van der Waals surface area contributed by atoms with Crippen LogP contribution in [-0.2, 0) is 20.3 Å². The van der Waals surface area contributed by atoms with Gasteiger partial charge in [0, 0.05) is 20.3 Å². The first-order chi connectivity index (χ1) is 11.2. The first-order valence-corrected chi connectivity index (χ1v) is 6.97. The molecule has 0 aliphatic carbocycles. The predicted molar refractivity (Wildman–Crippen MR) is 79.4 cm³/mol. The van der Waals surface area contributed by atoms with Crippen LogP contribution in [0.3, 0.4) is 0 Å². The maximum Gasteiger partial charge on any atom is 0.416 e. The molecule has 0 fully saturated rings. The summed E-state index contributed by atoms with van der Waals surface area (Å²) in [5, 5.41) is 11.8. The fourth-order valence-corrected chi connectivity index (χ4v) is 2.39. The number of benzene rings is 1. The molecule has 1 aromatic heterocycles. The van der Waals surface area contributed by atoms with Crippen LogP contribution in [0.5, 0.6) is 0 Å². The minimum absolute atomic E-state index is 0.0227. The van der Waals surface area contributed by atoms with Crippen LogP contribution in [-0.4, -0.2) is 26.8 Å². The van der Waals surface area contributed by atoms with Gasteiger partial charge < -0.3 is 15.0 Å². The van der Waals surface area contributed by atoms with Crippen molar-refractivity contribution in [2.75, 3.05) is 6.61 Å². The Hall–Kier alpha value is -2.55. The molecule has 0 radical (unpaired) electrons. The van der Waals surface area contributed by atoms with E-state index in [0.29, 0.717) is 0 Å². The number of alkyl halides is 3. The van der Waals surface area contributed by atoms with E-state index in [1.807, 2.05) is 0 Å². The van der Waals surface area contributed by atoms with Crippen molar-refractivity contribution in [2.24, 2.45) is 14.1 Å². The van der Waals surface area contributed by atoms with Crippen LogP contribution in [0.1, 0.15) is 27.7 Å². The highest BCUT2D eigenvalue weighted by Gasteiger charge is 2.35. The molecule has 6 nitrogen and oxygen atoms in total. The third kappa shape index (κ3) is 3.35. The number of carbonyl (C=O) groups excluding carboxylic acids is 1. The van der Waals surface area contributed by atoms with Crippen LogP contribution in [0.25, 0.3) is 0 Å². The molecule has 2 N–H and O–H groups in total. The third-order valence-electron chi connectivity index (χ3n) is 3.63. The Kier molecular flexibility index (Phi) is 4.83. The van der Waals surface area contributed by atoms with E-state index in [1.54, 1.807) is 0 Å². The number of aliphatic hydroxyl groups is 1. The highest BCUT2D eigenvalue weighted by atomic mass is 19.4. The second-order valence-corrected chi connectivity index (χ2v) is 5.26. The molecular formula is C15H16F3N3O3. The largest absolute Gasteiger partial charge is 0.416 e. The summed E-state index contributed by atoms with van der Waals surface area (Å²) in [6.07, 6.45) is -3.35. The summed E-state index contributed by atoms with van der Waals surface area (Å²) in [7, 11) is 2.82. The van der Waals surface area contributed by atoms with Gasteiger partial charge in [-0.3, -0.25) is 9.36 Å². The quantitative estimate of drug-likeness (QED) is 0.876. The molecule has 9 heteroatoms. The van der Waals surface area contributed by atoms with Gasteiger partial charge in [-0.1, -0.05) is 18.2 Å². The molecule has 0 bridgehead atoms. The highest BCUT2D eigenvalue weighted by Crippen LogP contribution is 2.34. The highest BCUT2D eigenvalue weighted by molar-refractivity contribution is 5.92. The molecule has 0 aliphatic rings. The SMILES string of the molecule is Cn1cc(C(=O)NC(CO)c2ccccc2C(F)(F)F)n(C)c1=O. The lowest BCUT2D eigenvalue weighted by Crippen LogP contribution is -2.34. The topological polar surface area (TPSA) is 76.3 Å². The normalized spacial score (nSPS) is 12.9. The van der Waals surface area contributed by atoms with Crippen molar-refractivity contribution < 1.29 is 23.1 Å². The van der Waals surface area contributed by atoms with Gasteiger partial charge in [-0.05, 0) is 11.6 Å². The average molecular weight is 343 g/mol. The van der Waals surface area contributed by atoms with E-state index in [0.717, 1.165) is 10.6 Å². The zero-order valence-electron chi connectivity index (χ0n) is 13.0. The number of hydrogen-bond donors (Lipinski definition) is 2. The number of aryl methyl sites for hydroxylation is 1. The van der Waals surface area contributed by atoms with Crippen LogP contribution >= 0.6 is 0 Å². The van der Waals surface area contributed by atoms with E-state index in [9.17, 15) is 27.9 Å². The Morgan fingerprint density at radius 3 is 2.42 bits per heavy atom. The first kappa shape index (κ1) is 17.8. The second-order valence-electron chi connectivity index (χ2n) is 5.26. The number of hydrogen-bond acceptors (Lipinski definition) is 3. The number of carbonyl (C=O) groups is 1. The van der Waals surface area contributed by atoms with Gasteiger partial charge in [-0.25, -0.2) is 4.79 Å². The maximum atomic E-state index is 13.1. The molecule has 0 saturated carbocycles. The molecule has 1 amide bonds. The summed E-state index contributed by atoms with van der Waals surface area (Å²) < 4.78 is 41.5. The molecule has 2 rings (SSSR count). The number of rotatable bonds is 4. The van der Waals surface area contributed by atoms with E-state index < -0.39 is 36.0 Å². The van der Waals surface area contributed by atoms with Crippen molar-refractivity contribution in [2.45, 2.75) is 12.2 Å². The van der Waals surface area contributed by atoms with Crippen LogP contribution in [0, 0.1) is 0 Å². The minimum atomic E-state index is -4.62. The van der Waals surface area contributed by atoms with Crippen molar-refractivity contribution in [3.63, 3.8) is 0 Å². The van der Waals surface area contributed by atoms with Crippen molar-refractivity contribution in [1.29, 1.82) is 0 Å². The van der Waals surface area contributed by atoms with Crippen LogP contribution < -0.4 is 11.0 Å². The Labute approximate surface area is 135 Å². The molecule has 0 aliphatic heterocycles. The molecule has 1 heterocycles. The van der Waals surface area contributed by atoms with Gasteiger partial charge in [0.2, 0.25) is 0 Å². The van der Waals surface area contributed by atoms with Crippen molar-refractivity contribution in [1.82, 2.24) is 14.5 Å². The minimum Gasteiger partial charge on any atom is -0.394 e. The molecule has 0 saturated heterocycles. The predicted octanol–water partition coefficient (Wildman–Crippen LogP) is 1.21. The molecule has 2 aromatic rings. The lowest BCUT2D eigenvalue weighted by molar-refractivity contribution is -0.138. The van der Waals surface area contributed by atoms with Gasteiger partial charge in [0.1, 0.15) is 5.69 Å². The van der Waals surface area contributed by atoms with E-state index in [4.69, 9.17) is 0 Å². The van der Waals surface area contributed by atoms with Crippen LogP contribution in [0.4, 0.5) is 13.2 Å². The number of amides is 1. The summed E-state index contributed by atoms with van der Waals surface area (Å²) in [6.45, 7) is -0.723. The molecule has 0 spiro atoms. The maximum absolute atomic E-state index is 13.1. The number of halogens is 3. The summed E-state index contributed by atoms with van der Waals surface area (Å²) in [4.78, 5) is 23.9. The number of aromatic nitrogens is 2. The Morgan fingerprint density at radius 2 is 1.92 bits per heavy atom. The first-order valence-electron chi connectivity index (χ1n) is 6.97. The Morgan fingerprint density at radius 1 is 1.29 bits per heavy atom. The summed E-state index contributed by atoms with van der Waals surface area (Å²) in [5.41, 5.74) is -1.66. The smallest absolute Gasteiger partial charge is 0.394 e. The van der Waals surface area contributed by atoms with Gasteiger partial charge >= 0.3 is 11.9 Å². The van der Waals surface area contributed by atoms with E-state index in [-0.39, 0.29) is 11.3 Å². The number of aliphatic hydroxyl groups excluding tert-OH is 1. The Bertz CT molecular complexity index is 808. The summed E-state index contributed by atoms with van der Waals surface area (Å²) in [6, 6.07) is 3.42. The lowest BCUT2D eigenvalue weighted by atomic mass is 10.00. The summed E-state index contributed by atoms with van der Waals surface area (Å²) >= 11 is 0.